The van der Waals surface area contributed by atoms with Gasteiger partial charge in [0.1, 0.15) is 12.2 Å². The van der Waals surface area contributed by atoms with E-state index in [9.17, 15) is 0 Å². The van der Waals surface area contributed by atoms with Crippen LogP contribution in [0.3, 0.4) is 0 Å². The molecule has 3 saturated heterocycles. The van der Waals surface area contributed by atoms with Gasteiger partial charge in [-0.15, -0.1) is 0 Å². The Morgan fingerprint density at radius 1 is 0.800 bits per heavy atom. The standard InChI is InChI=1S/C12H18O3/c1-2-4-12(5-3-1)10-8(14-10)6-13-7-9-11(12)15-9/h8-11H,1-7H2. The highest BCUT2D eigenvalue weighted by Crippen LogP contribution is 2.57. The number of hydrogen-bond donors (Lipinski definition) is 0. The normalized spacial score (nSPS) is 51.2. The molecule has 0 bridgehead atoms. The topological polar surface area (TPSA) is 34.3 Å². The number of hydrogen-bond acceptors (Lipinski definition) is 3. The predicted octanol–water partition coefficient (Wildman–Crippen LogP) is 1.50. The van der Waals surface area contributed by atoms with Gasteiger partial charge in [0, 0.05) is 5.41 Å². The van der Waals surface area contributed by atoms with Crippen LogP contribution in [-0.2, 0) is 14.2 Å². The Balaban J connectivity index is 1.63. The van der Waals surface area contributed by atoms with Crippen LogP contribution in [0.25, 0.3) is 0 Å². The summed E-state index contributed by atoms with van der Waals surface area (Å²) in [4.78, 5) is 0. The number of rotatable bonds is 0. The first kappa shape index (κ1) is 8.97. The molecule has 1 spiro atoms. The van der Waals surface area contributed by atoms with Crippen LogP contribution in [0.4, 0.5) is 0 Å². The molecule has 84 valence electrons. The monoisotopic (exact) mass is 210 g/mol. The molecule has 1 saturated carbocycles. The fourth-order valence-electron chi connectivity index (χ4n) is 3.79. The van der Waals surface area contributed by atoms with Crippen LogP contribution in [0.2, 0.25) is 0 Å². The third-order valence-corrected chi connectivity index (χ3v) is 4.65. The molecule has 15 heavy (non-hydrogen) atoms. The van der Waals surface area contributed by atoms with Crippen molar-refractivity contribution < 1.29 is 14.2 Å². The van der Waals surface area contributed by atoms with Crippen LogP contribution in [-0.4, -0.2) is 37.6 Å². The summed E-state index contributed by atoms with van der Waals surface area (Å²) < 4.78 is 17.2. The summed E-state index contributed by atoms with van der Waals surface area (Å²) in [5.74, 6) is 0. The third kappa shape index (κ3) is 1.23. The average Bonchev–Trinajstić information content (AvgIpc) is 3.13. The molecule has 0 radical (unpaired) electrons. The van der Waals surface area contributed by atoms with Gasteiger partial charge < -0.3 is 14.2 Å². The van der Waals surface area contributed by atoms with E-state index in [0.717, 1.165) is 13.2 Å². The SMILES string of the molecule is C1CCC2(CC1)C1OC1COCC1OC12. The molecular weight excluding hydrogens is 192 g/mol. The minimum Gasteiger partial charge on any atom is -0.376 e. The summed E-state index contributed by atoms with van der Waals surface area (Å²) in [6.07, 6.45) is 8.42. The summed E-state index contributed by atoms with van der Waals surface area (Å²) in [6.45, 7) is 1.58. The van der Waals surface area contributed by atoms with Crippen molar-refractivity contribution >= 4 is 0 Å². The molecular formula is C12H18O3. The zero-order valence-electron chi connectivity index (χ0n) is 8.98. The van der Waals surface area contributed by atoms with Crippen molar-refractivity contribution in [1.82, 2.24) is 0 Å². The highest BCUT2D eigenvalue weighted by Gasteiger charge is 2.66. The lowest BCUT2D eigenvalue weighted by atomic mass is 9.67. The fraction of sp³-hybridized carbons (Fsp3) is 1.00. The predicted molar refractivity (Wildman–Crippen MR) is 53.7 cm³/mol. The lowest BCUT2D eigenvalue weighted by Gasteiger charge is -2.35. The Hall–Kier alpha value is -0.120. The lowest BCUT2D eigenvalue weighted by molar-refractivity contribution is 0.0905. The molecule has 0 N–H and O–H groups in total. The number of epoxide rings is 2. The second kappa shape index (κ2) is 2.96. The van der Waals surface area contributed by atoms with Gasteiger partial charge in [-0.1, -0.05) is 19.3 Å². The minimum atomic E-state index is 0.372. The number of ether oxygens (including phenoxy) is 3. The van der Waals surface area contributed by atoms with E-state index in [1.807, 2.05) is 0 Å². The Bertz CT molecular complexity index is 252. The highest BCUT2D eigenvalue weighted by atomic mass is 16.7. The quantitative estimate of drug-likeness (QED) is 0.568. The van der Waals surface area contributed by atoms with E-state index in [-0.39, 0.29) is 0 Å². The van der Waals surface area contributed by atoms with Crippen molar-refractivity contribution in [2.75, 3.05) is 13.2 Å². The van der Waals surface area contributed by atoms with E-state index in [2.05, 4.69) is 0 Å². The van der Waals surface area contributed by atoms with Crippen molar-refractivity contribution in [3.8, 4) is 0 Å². The zero-order valence-corrected chi connectivity index (χ0v) is 8.98. The highest BCUT2D eigenvalue weighted by molar-refractivity contribution is 5.12. The minimum absolute atomic E-state index is 0.372. The first-order chi connectivity index (χ1) is 7.40. The molecule has 4 rings (SSSR count). The van der Waals surface area contributed by atoms with Gasteiger partial charge in [-0.05, 0) is 12.8 Å². The first-order valence-electron chi connectivity index (χ1n) is 6.29. The van der Waals surface area contributed by atoms with Gasteiger partial charge in [0.15, 0.2) is 0 Å². The van der Waals surface area contributed by atoms with E-state index in [1.54, 1.807) is 0 Å². The van der Waals surface area contributed by atoms with Crippen LogP contribution in [0.15, 0.2) is 0 Å². The molecule has 4 aliphatic rings. The van der Waals surface area contributed by atoms with Crippen LogP contribution < -0.4 is 0 Å². The fourth-order valence-corrected chi connectivity index (χ4v) is 3.79. The second-order valence-electron chi connectivity index (χ2n) is 5.52. The average molecular weight is 210 g/mol. The molecule has 0 aromatic heterocycles. The van der Waals surface area contributed by atoms with E-state index >= 15 is 0 Å². The molecule has 0 aromatic rings. The third-order valence-electron chi connectivity index (χ3n) is 4.65. The zero-order chi connectivity index (χ0) is 9.88. The van der Waals surface area contributed by atoms with Gasteiger partial charge in [-0.25, -0.2) is 0 Å². The second-order valence-corrected chi connectivity index (χ2v) is 5.52. The van der Waals surface area contributed by atoms with Crippen molar-refractivity contribution in [2.24, 2.45) is 5.41 Å². The maximum absolute atomic E-state index is 5.82. The van der Waals surface area contributed by atoms with E-state index < -0.39 is 0 Å². The molecule has 0 amide bonds. The Morgan fingerprint density at radius 3 is 2.00 bits per heavy atom. The molecule has 4 fully saturated rings. The van der Waals surface area contributed by atoms with Gasteiger partial charge in [0.05, 0.1) is 25.4 Å². The summed E-state index contributed by atoms with van der Waals surface area (Å²) >= 11 is 0. The van der Waals surface area contributed by atoms with Gasteiger partial charge in [0.2, 0.25) is 0 Å². The van der Waals surface area contributed by atoms with Gasteiger partial charge in [-0.3, -0.25) is 0 Å². The maximum atomic E-state index is 5.82. The van der Waals surface area contributed by atoms with Crippen LogP contribution in [0.1, 0.15) is 32.1 Å². The lowest BCUT2D eigenvalue weighted by Crippen LogP contribution is -2.40. The summed E-state index contributed by atoms with van der Waals surface area (Å²) in [5, 5.41) is 0. The molecule has 3 heterocycles. The van der Waals surface area contributed by atoms with E-state index in [0.29, 0.717) is 29.8 Å². The molecule has 0 aromatic carbocycles. The smallest absolute Gasteiger partial charge is 0.108 e. The summed E-state index contributed by atoms with van der Waals surface area (Å²) in [6, 6.07) is 0. The molecule has 3 aliphatic heterocycles. The van der Waals surface area contributed by atoms with Gasteiger partial charge in [0.25, 0.3) is 0 Å². The first-order valence-corrected chi connectivity index (χ1v) is 6.29. The molecule has 4 unspecified atom stereocenters. The Kier molecular flexibility index (Phi) is 1.77. The Morgan fingerprint density at radius 2 is 1.40 bits per heavy atom. The van der Waals surface area contributed by atoms with Crippen molar-refractivity contribution in [1.29, 1.82) is 0 Å². The van der Waals surface area contributed by atoms with E-state index in [4.69, 9.17) is 14.2 Å². The molecule has 3 heteroatoms. The molecule has 4 atom stereocenters. The Labute approximate surface area is 90.1 Å². The van der Waals surface area contributed by atoms with Crippen LogP contribution >= 0.6 is 0 Å². The molecule has 3 nitrogen and oxygen atoms in total. The van der Waals surface area contributed by atoms with Gasteiger partial charge in [-0.2, -0.15) is 0 Å². The summed E-state index contributed by atoms with van der Waals surface area (Å²) in [7, 11) is 0. The van der Waals surface area contributed by atoms with Crippen molar-refractivity contribution in [2.45, 2.75) is 56.5 Å². The van der Waals surface area contributed by atoms with E-state index in [1.165, 1.54) is 32.1 Å². The maximum Gasteiger partial charge on any atom is 0.108 e. The largest absolute Gasteiger partial charge is 0.376 e. The van der Waals surface area contributed by atoms with Crippen molar-refractivity contribution in [3.05, 3.63) is 0 Å². The number of fused-ring (bicyclic) bond motifs is 4. The van der Waals surface area contributed by atoms with Crippen molar-refractivity contribution in [3.63, 3.8) is 0 Å². The van der Waals surface area contributed by atoms with Crippen LogP contribution in [0, 0.1) is 5.41 Å². The van der Waals surface area contributed by atoms with Crippen LogP contribution in [0.5, 0.6) is 0 Å². The summed E-state index contributed by atoms with van der Waals surface area (Å²) in [5.41, 5.74) is 0.372. The van der Waals surface area contributed by atoms with Gasteiger partial charge >= 0.3 is 0 Å². The molecule has 1 aliphatic carbocycles.